The molecule has 2 aromatic rings. The Labute approximate surface area is 225 Å². The highest BCUT2D eigenvalue weighted by Gasteiger charge is 2.48. The molecule has 0 saturated heterocycles. The number of carbonyl (C=O) groups excluding carboxylic acids is 3. The minimum absolute atomic E-state index is 0.0988. The normalized spacial score (nSPS) is 14.2. The molecule has 1 aliphatic carbocycles. The summed E-state index contributed by atoms with van der Waals surface area (Å²) in [4.78, 5) is 55.9. The number of benzene rings is 1. The zero-order valence-corrected chi connectivity index (χ0v) is 22.1. The van der Waals surface area contributed by atoms with Gasteiger partial charge in [0.05, 0.1) is 24.1 Å². The van der Waals surface area contributed by atoms with E-state index in [9.17, 15) is 32.7 Å². The SMILES string of the molecule is CS(=O)(=O)c1ncc(C#CCCC2(C(=O)NCC(=O)NCC(=O)N[C@@H](Cc3ccccc3)C(=O)O)CC2)cn1. The highest BCUT2D eigenvalue weighted by molar-refractivity contribution is 7.90. The molecular weight excluding hydrogens is 526 g/mol. The number of nitrogens with one attached hydrogen (secondary N) is 3. The van der Waals surface area contributed by atoms with Gasteiger partial charge < -0.3 is 21.1 Å². The predicted octanol–water partition coefficient (Wildman–Crippen LogP) is -0.163. The third-order valence-electron chi connectivity index (χ3n) is 6.03. The molecule has 0 spiro atoms. The van der Waals surface area contributed by atoms with Crippen molar-refractivity contribution in [3.05, 3.63) is 53.9 Å². The van der Waals surface area contributed by atoms with Crippen molar-refractivity contribution in [1.29, 1.82) is 0 Å². The second kappa shape index (κ2) is 13.0. The molecule has 1 aromatic heterocycles. The van der Waals surface area contributed by atoms with Gasteiger partial charge in [0.2, 0.25) is 32.7 Å². The lowest BCUT2D eigenvalue weighted by molar-refractivity contribution is -0.141. The number of hydrogen-bond acceptors (Lipinski definition) is 8. The average Bonchev–Trinajstić information content (AvgIpc) is 3.69. The fraction of sp³-hybridized carbons (Fsp3) is 0.385. The first-order valence-corrected chi connectivity index (χ1v) is 14.0. The van der Waals surface area contributed by atoms with E-state index in [2.05, 4.69) is 37.8 Å². The van der Waals surface area contributed by atoms with Crippen molar-refractivity contribution in [2.24, 2.45) is 5.41 Å². The van der Waals surface area contributed by atoms with E-state index in [0.717, 1.165) is 11.8 Å². The number of carbonyl (C=O) groups is 4. The summed E-state index contributed by atoms with van der Waals surface area (Å²) in [5.41, 5.74) is 0.594. The molecule has 1 aromatic carbocycles. The van der Waals surface area contributed by atoms with Gasteiger partial charge in [-0.05, 0) is 24.8 Å². The van der Waals surface area contributed by atoms with Gasteiger partial charge in [0.15, 0.2) is 0 Å². The van der Waals surface area contributed by atoms with E-state index in [1.54, 1.807) is 30.3 Å². The number of nitrogens with zero attached hydrogens (tertiary/aromatic N) is 2. The molecule has 1 atom stereocenters. The summed E-state index contributed by atoms with van der Waals surface area (Å²) in [6, 6.07) is 7.69. The Balaban J connectivity index is 1.38. The lowest BCUT2D eigenvalue weighted by Crippen LogP contribution is -2.48. The summed E-state index contributed by atoms with van der Waals surface area (Å²) in [6.07, 6.45) is 5.96. The maximum atomic E-state index is 12.6. The van der Waals surface area contributed by atoms with Crippen LogP contribution in [0.2, 0.25) is 0 Å². The molecule has 0 unspecified atom stereocenters. The number of sulfone groups is 1. The third kappa shape index (κ3) is 9.19. The molecule has 1 aliphatic rings. The first-order chi connectivity index (χ1) is 18.5. The molecule has 13 heteroatoms. The molecule has 206 valence electrons. The summed E-state index contributed by atoms with van der Waals surface area (Å²) >= 11 is 0. The number of aliphatic carboxylic acids is 1. The van der Waals surface area contributed by atoms with Gasteiger partial charge in [0.25, 0.3) is 0 Å². The molecule has 39 heavy (non-hydrogen) atoms. The fourth-order valence-electron chi connectivity index (χ4n) is 3.66. The lowest BCUT2D eigenvalue weighted by Gasteiger charge is -2.16. The van der Waals surface area contributed by atoms with Crippen LogP contribution in [0, 0.1) is 17.3 Å². The third-order valence-corrected chi connectivity index (χ3v) is 6.90. The van der Waals surface area contributed by atoms with Crippen molar-refractivity contribution in [2.75, 3.05) is 19.3 Å². The van der Waals surface area contributed by atoms with Gasteiger partial charge in [0.1, 0.15) is 6.04 Å². The molecule has 0 bridgehead atoms. The summed E-state index contributed by atoms with van der Waals surface area (Å²) in [5, 5.41) is 16.4. The van der Waals surface area contributed by atoms with Crippen LogP contribution in [0.15, 0.2) is 47.9 Å². The van der Waals surface area contributed by atoms with E-state index in [-0.39, 0.29) is 24.0 Å². The Morgan fingerprint density at radius 2 is 1.67 bits per heavy atom. The van der Waals surface area contributed by atoms with Crippen molar-refractivity contribution in [1.82, 2.24) is 25.9 Å². The van der Waals surface area contributed by atoms with Gasteiger partial charge in [-0.2, -0.15) is 0 Å². The Bertz CT molecular complexity index is 1380. The highest BCUT2D eigenvalue weighted by Crippen LogP contribution is 2.49. The van der Waals surface area contributed by atoms with E-state index < -0.39 is 45.6 Å². The second-order valence-corrected chi connectivity index (χ2v) is 11.1. The zero-order valence-electron chi connectivity index (χ0n) is 21.3. The fourth-order valence-corrected chi connectivity index (χ4v) is 4.15. The maximum absolute atomic E-state index is 12.6. The number of aromatic nitrogens is 2. The number of amides is 3. The van der Waals surface area contributed by atoms with Crippen LogP contribution in [0.5, 0.6) is 0 Å². The zero-order chi connectivity index (χ0) is 28.5. The largest absolute Gasteiger partial charge is 0.480 e. The molecule has 3 amide bonds. The molecule has 1 saturated carbocycles. The van der Waals surface area contributed by atoms with E-state index in [1.807, 2.05) is 0 Å². The van der Waals surface area contributed by atoms with Crippen LogP contribution in [0.3, 0.4) is 0 Å². The smallest absolute Gasteiger partial charge is 0.326 e. The number of carboxylic acids is 1. The van der Waals surface area contributed by atoms with Gasteiger partial charge in [0, 0.05) is 31.5 Å². The van der Waals surface area contributed by atoms with Crippen molar-refractivity contribution < 1.29 is 32.7 Å². The molecule has 0 radical (unpaired) electrons. The topological polar surface area (TPSA) is 185 Å². The van der Waals surface area contributed by atoms with E-state index in [1.165, 1.54) is 12.4 Å². The van der Waals surface area contributed by atoms with Crippen molar-refractivity contribution in [3.8, 4) is 11.8 Å². The minimum Gasteiger partial charge on any atom is -0.480 e. The van der Waals surface area contributed by atoms with Crippen LogP contribution < -0.4 is 16.0 Å². The first-order valence-electron chi connectivity index (χ1n) is 12.1. The van der Waals surface area contributed by atoms with Crippen LogP contribution in [-0.4, -0.2) is 72.6 Å². The summed E-state index contributed by atoms with van der Waals surface area (Å²) in [5.74, 6) is 3.04. The average molecular weight is 556 g/mol. The van der Waals surface area contributed by atoms with E-state index in [0.29, 0.717) is 31.2 Å². The van der Waals surface area contributed by atoms with Gasteiger partial charge in [-0.25, -0.2) is 23.2 Å². The van der Waals surface area contributed by atoms with Crippen LogP contribution in [-0.2, 0) is 35.4 Å². The van der Waals surface area contributed by atoms with E-state index in [4.69, 9.17) is 0 Å². The summed E-state index contributed by atoms with van der Waals surface area (Å²) < 4.78 is 22.8. The molecule has 12 nitrogen and oxygen atoms in total. The van der Waals surface area contributed by atoms with Gasteiger partial charge in [-0.15, -0.1) is 0 Å². The standard InChI is InChI=1S/C26H29N5O7S/c1-39(37,38)25-29-14-19(15-30-25)9-5-6-10-26(11-12-26)24(36)28-16-21(32)27-17-22(33)31-20(23(34)35)13-18-7-3-2-4-8-18/h2-4,7-8,14-15,20H,6,10-13,16-17H2,1H3,(H,27,32)(H,28,36)(H,31,33)(H,34,35)/t20-/m0/s1. The number of hydrogen-bond donors (Lipinski definition) is 4. The monoisotopic (exact) mass is 555 g/mol. The molecule has 1 fully saturated rings. The van der Waals surface area contributed by atoms with Gasteiger partial charge in [-0.3, -0.25) is 14.4 Å². The Morgan fingerprint density at radius 3 is 2.26 bits per heavy atom. The molecule has 3 rings (SSSR count). The van der Waals surface area contributed by atoms with Gasteiger partial charge in [-0.1, -0.05) is 42.2 Å². The highest BCUT2D eigenvalue weighted by atomic mass is 32.2. The lowest BCUT2D eigenvalue weighted by atomic mass is 9.99. The molecule has 0 aliphatic heterocycles. The van der Waals surface area contributed by atoms with Crippen molar-refractivity contribution in [3.63, 3.8) is 0 Å². The van der Waals surface area contributed by atoms with Crippen LogP contribution in [0.1, 0.15) is 36.8 Å². The van der Waals surface area contributed by atoms with Crippen LogP contribution >= 0.6 is 0 Å². The first kappa shape index (κ1) is 29.2. The molecule has 1 heterocycles. The number of carboxylic acid groups (broad SMARTS) is 1. The summed E-state index contributed by atoms with van der Waals surface area (Å²) in [7, 11) is -3.49. The Kier molecular flexibility index (Phi) is 9.73. The van der Waals surface area contributed by atoms with Gasteiger partial charge >= 0.3 is 5.97 Å². The second-order valence-electron chi connectivity index (χ2n) is 9.22. The Morgan fingerprint density at radius 1 is 1.03 bits per heavy atom. The van der Waals surface area contributed by atoms with Crippen LogP contribution in [0.25, 0.3) is 0 Å². The number of rotatable bonds is 12. The molecular formula is C26H29N5O7S. The van der Waals surface area contributed by atoms with Crippen LogP contribution in [0.4, 0.5) is 0 Å². The minimum atomic E-state index is -3.49. The Hall–Kier alpha value is -4.31. The maximum Gasteiger partial charge on any atom is 0.326 e. The van der Waals surface area contributed by atoms with Crippen molar-refractivity contribution in [2.45, 2.75) is 43.3 Å². The quantitative estimate of drug-likeness (QED) is 0.204. The summed E-state index contributed by atoms with van der Waals surface area (Å²) in [6.45, 7) is -0.751. The molecule has 4 N–H and O–H groups in total. The predicted molar refractivity (Wildman–Crippen MR) is 139 cm³/mol. The van der Waals surface area contributed by atoms with E-state index >= 15 is 0 Å². The van der Waals surface area contributed by atoms with Crippen molar-refractivity contribution >= 4 is 33.5 Å².